The van der Waals surface area contributed by atoms with Gasteiger partial charge in [0.2, 0.25) is 0 Å². The van der Waals surface area contributed by atoms with Crippen LogP contribution in [0.2, 0.25) is 0 Å². The molecule has 1 saturated heterocycles. The van der Waals surface area contributed by atoms with Crippen LogP contribution in [-0.2, 0) is 9.47 Å². The molecule has 6 rings (SSSR count). The lowest BCUT2D eigenvalue weighted by Crippen LogP contribution is -2.60. The molecule has 5 N–H and O–H groups in total. The number of aliphatic hydroxyl groups excluding tert-OH is 2. The fourth-order valence-corrected chi connectivity index (χ4v) is 8.98. The summed E-state index contributed by atoms with van der Waals surface area (Å²) in [5.74, 6) is 0.809. The topological polar surface area (TPSA) is 135 Å². The van der Waals surface area contributed by atoms with Gasteiger partial charge in [0.05, 0.1) is 30.6 Å². The Kier molecular flexibility index (Phi) is 6.25. The zero-order valence-corrected chi connectivity index (χ0v) is 21.8. The van der Waals surface area contributed by atoms with Crippen LogP contribution in [-0.4, -0.2) is 58.2 Å². The Labute approximate surface area is 217 Å². The van der Waals surface area contributed by atoms with Crippen molar-refractivity contribution in [1.29, 1.82) is 0 Å². The van der Waals surface area contributed by atoms with E-state index >= 15 is 0 Å². The Hall–Kier alpha value is -1.55. The van der Waals surface area contributed by atoms with Crippen molar-refractivity contribution in [3.63, 3.8) is 0 Å². The van der Waals surface area contributed by atoms with Gasteiger partial charge in [0.15, 0.2) is 6.29 Å². The zero-order valence-electron chi connectivity index (χ0n) is 21.8. The van der Waals surface area contributed by atoms with Crippen molar-refractivity contribution in [3.05, 3.63) is 46.0 Å². The van der Waals surface area contributed by atoms with Gasteiger partial charge in [-0.1, -0.05) is 25.5 Å². The Morgan fingerprint density at radius 2 is 1.84 bits per heavy atom. The maximum Gasteiger partial charge on any atom is 0.335 e. The van der Waals surface area contributed by atoms with E-state index in [-0.39, 0.29) is 41.0 Å². The molecule has 11 atom stereocenters. The molecule has 1 aromatic heterocycles. The molecule has 1 aliphatic heterocycles. The summed E-state index contributed by atoms with van der Waals surface area (Å²) in [6.45, 7) is 4.77. The molecular weight excluding hydrogens is 474 g/mol. The fraction of sp³-hybridized carbons (Fsp3) is 0.759. The van der Waals surface area contributed by atoms with Gasteiger partial charge >= 0.3 is 5.63 Å². The Morgan fingerprint density at radius 3 is 2.59 bits per heavy atom. The normalized spacial score (nSPS) is 49.5. The average Bonchev–Trinajstić information content (AvgIpc) is 3.16. The van der Waals surface area contributed by atoms with Crippen molar-refractivity contribution in [2.45, 2.75) is 107 Å². The first-order valence-corrected chi connectivity index (χ1v) is 14.0. The largest absolute Gasteiger partial charge is 0.431 e. The van der Waals surface area contributed by atoms with Gasteiger partial charge in [-0.3, -0.25) is 0 Å². The fourth-order valence-electron chi connectivity index (χ4n) is 8.98. The molecule has 0 aromatic carbocycles. The third-order valence-electron chi connectivity index (χ3n) is 11.2. The summed E-state index contributed by atoms with van der Waals surface area (Å²) in [5, 5.41) is 32.9. The number of fused-ring (bicyclic) bond motifs is 5. The van der Waals surface area contributed by atoms with Crippen LogP contribution in [0.15, 0.2) is 39.3 Å². The van der Waals surface area contributed by atoms with Crippen molar-refractivity contribution in [3.8, 4) is 0 Å². The van der Waals surface area contributed by atoms with Crippen LogP contribution in [0.4, 0.5) is 0 Å². The van der Waals surface area contributed by atoms with Crippen LogP contribution in [0.25, 0.3) is 0 Å². The standard InChI is InChI=1S/C29H41NO7/c1-27-10-7-18(37-26-25(33)24(32)22(30)15-36-26)13-17(27)4-5-21-20(27)8-11-28(2)19(9-12-29(21,28)34)16-3-6-23(31)35-14-16/h3,6,13-14,18-22,24-26,32-34H,4-5,7-12,15,30H2,1-2H3/t18?,19-,20?,21?,22+,24?,25?,26?,27+,28-,29+/m1/s1. The molecule has 6 unspecified atom stereocenters. The highest BCUT2D eigenvalue weighted by Crippen LogP contribution is 2.70. The van der Waals surface area contributed by atoms with Crippen LogP contribution >= 0.6 is 0 Å². The molecule has 1 aromatic rings. The highest BCUT2D eigenvalue weighted by molar-refractivity contribution is 5.31. The van der Waals surface area contributed by atoms with Gasteiger partial charge in [0, 0.05) is 11.5 Å². The predicted molar refractivity (Wildman–Crippen MR) is 135 cm³/mol. The molecule has 0 spiro atoms. The summed E-state index contributed by atoms with van der Waals surface area (Å²) in [7, 11) is 0. The number of hydrogen-bond donors (Lipinski definition) is 4. The second kappa shape index (κ2) is 9.00. The summed E-state index contributed by atoms with van der Waals surface area (Å²) in [4.78, 5) is 11.5. The van der Waals surface area contributed by atoms with E-state index in [4.69, 9.17) is 19.6 Å². The van der Waals surface area contributed by atoms with E-state index in [0.29, 0.717) is 5.92 Å². The van der Waals surface area contributed by atoms with Gasteiger partial charge in [0.25, 0.3) is 0 Å². The van der Waals surface area contributed by atoms with Crippen LogP contribution in [0, 0.1) is 22.7 Å². The summed E-state index contributed by atoms with van der Waals surface area (Å²) < 4.78 is 16.9. The maximum absolute atomic E-state index is 12.4. The monoisotopic (exact) mass is 515 g/mol. The molecule has 8 nitrogen and oxygen atoms in total. The van der Waals surface area contributed by atoms with Crippen molar-refractivity contribution in [1.82, 2.24) is 0 Å². The molecule has 2 heterocycles. The van der Waals surface area contributed by atoms with Crippen LogP contribution in [0.3, 0.4) is 0 Å². The van der Waals surface area contributed by atoms with Gasteiger partial charge in [-0.05, 0) is 86.2 Å². The number of hydrogen-bond acceptors (Lipinski definition) is 8. The second-order valence-corrected chi connectivity index (χ2v) is 12.8. The molecular formula is C29H41NO7. The van der Waals surface area contributed by atoms with Crippen LogP contribution < -0.4 is 11.4 Å². The summed E-state index contributed by atoms with van der Waals surface area (Å²) in [6, 6.07) is 2.76. The van der Waals surface area contributed by atoms with Gasteiger partial charge < -0.3 is 34.9 Å². The molecule has 4 fully saturated rings. The highest BCUT2D eigenvalue weighted by atomic mass is 16.7. The SMILES string of the molecule is C[C@]12CCC(OC3OC[C@H](N)C(O)C3O)C=C1CCC1C2CC[C@]2(C)[C@@H](c3ccc(=O)oc3)CC[C@]12O. The van der Waals surface area contributed by atoms with Crippen molar-refractivity contribution in [2.75, 3.05) is 6.61 Å². The first kappa shape index (κ1) is 25.7. The lowest BCUT2D eigenvalue weighted by Gasteiger charge is -2.62. The van der Waals surface area contributed by atoms with E-state index in [0.717, 1.165) is 56.9 Å². The third-order valence-corrected chi connectivity index (χ3v) is 11.2. The molecule has 3 saturated carbocycles. The Balaban J connectivity index is 1.21. The lowest BCUT2D eigenvalue weighted by atomic mass is 9.45. The molecule has 4 aliphatic carbocycles. The smallest absolute Gasteiger partial charge is 0.335 e. The van der Waals surface area contributed by atoms with Gasteiger partial charge in [-0.2, -0.15) is 0 Å². The van der Waals surface area contributed by atoms with Gasteiger partial charge in [-0.25, -0.2) is 4.79 Å². The minimum Gasteiger partial charge on any atom is -0.431 e. The Bertz CT molecular complexity index is 1100. The van der Waals surface area contributed by atoms with Crippen molar-refractivity contribution >= 4 is 0 Å². The quantitative estimate of drug-likeness (QED) is 0.451. The predicted octanol–water partition coefficient (Wildman–Crippen LogP) is 2.59. The first-order chi connectivity index (χ1) is 17.6. The average molecular weight is 516 g/mol. The highest BCUT2D eigenvalue weighted by Gasteiger charge is 2.66. The summed E-state index contributed by atoms with van der Waals surface area (Å²) in [5.41, 5.74) is 6.88. The zero-order chi connectivity index (χ0) is 26.2. The molecule has 37 heavy (non-hydrogen) atoms. The third kappa shape index (κ3) is 3.82. The van der Waals surface area contributed by atoms with Crippen molar-refractivity contribution in [2.24, 2.45) is 28.4 Å². The minimum absolute atomic E-state index is 0.00533. The molecule has 204 valence electrons. The molecule has 0 bridgehead atoms. The van der Waals surface area contributed by atoms with E-state index in [2.05, 4.69) is 19.9 Å². The number of aliphatic hydroxyl groups is 3. The van der Waals surface area contributed by atoms with Crippen molar-refractivity contribution < 1.29 is 29.2 Å². The summed E-state index contributed by atoms with van der Waals surface area (Å²) in [6.07, 6.45) is 7.83. The first-order valence-electron chi connectivity index (χ1n) is 14.0. The second-order valence-electron chi connectivity index (χ2n) is 12.8. The molecule has 5 aliphatic rings. The minimum atomic E-state index is -1.16. The van der Waals surface area contributed by atoms with E-state index in [9.17, 15) is 20.1 Å². The molecule has 0 radical (unpaired) electrons. The summed E-state index contributed by atoms with van der Waals surface area (Å²) >= 11 is 0. The van der Waals surface area contributed by atoms with E-state index in [1.165, 1.54) is 11.6 Å². The number of rotatable bonds is 3. The number of nitrogens with two attached hydrogens (primary N) is 1. The number of allylic oxidation sites excluding steroid dienone is 1. The van der Waals surface area contributed by atoms with E-state index in [1.807, 2.05) is 6.07 Å². The van der Waals surface area contributed by atoms with Crippen LogP contribution in [0.1, 0.15) is 76.7 Å². The van der Waals surface area contributed by atoms with E-state index < -0.39 is 30.1 Å². The Morgan fingerprint density at radius 1 is 1.03 bits per heavy atom. The van der Waals surface area contributed by atoms with Gasteiger partial charge in [-0.15, -0.1) is 0 Å². The van der Waals surface area contributed by atoms with E-state index in [1.54, 1.807) is 6.26 Å². The molecule has 0 amide bonds. The van der Waals surface area contributed by atoms with Gasteiger partial charge in [0.1, 0.15) is 12.2 Å². The molecule has 8 heteroatoms. The number of ether oxygens (including phenoxy) is 2. The lowest BCUT2D eigenvalue weighted by molar-refractivity contribution is -0.259. The van der Waals surface area contributed by atoms with Crippen LogP contribution in [0.5, 0.6) is 0 Å². The maximum atomic E-state index is 12.4.